The summed E-state index contributed by atoms with van der Waals surface area (Å²) in [6.07, 6.45) is 2.75. The molecular formula is C20H22F2N4O5. The number of piperidine rings is 1. The highest BCUT2D eigenvalue weighted by atomic mass is 19.3. The third-order valence-electron chi connectivity index (χ3n) is 5.05. The van der Waals surface area contributed by atoms with Gasteiger partial charge in [-0.05, 0) is 44.1 Å². The molecule has 31 heavy (non-hydrogen) atoms. The van der Waals surface area contributed by atoms with Crippen LogP contribution in [0.2, 0.25) is 0 Å². The average Bonchev–Trinajstić information content (AvgIpc) is 2.75. The van der Waals surface area contributed by atoms with E-state index in [1.165, 1.54) is 13.2 Å². The zero-order valence-electron chi connectivity index (χ0n) is 16.8. The molecule has 0 aliphatic carbocycles. The topological polar surface area (TPSA) is 107 Å². The summed E-state index contributed by atoms with van der Waals surface area (Å²) in [5.74, 6) is -0.212. The fraction of sp³-hybridized carbons (Fsp3) is 0.400. The van der Waals surface area contributed by atoms with Crippen LogP contribution in [0.25, 0.3) is 0 Å². The number of anilines is 1. The second-order valence-corrected chi connectivity index (χ2v) is 7.02. The maximum Gasteiger partial charge on any atom is 0.387 e. The quantitative estimate of drug-likeness (QED) is 0.499. The summed E-state index contributed by atoms with van der Waals surface area (Å²) >= 11 is 0. The first kappa shape index (κ1) is 22.3. The van der Waals surface area contributed by atoms with Gasteiger partial charge in [-0.2, -0.15) is 8.78 Å². The number of pyridine rings is 1. The van der Waals surface area contributed by atoms with Crippen LogP contribution in [0.3, 0.4) is 0 Å². The molecule has 0 radical (unpaired) electrons. The van der Waals surface area contributed by atoms with Crippen molar-refractivity contribution >= 4 is 17.4 Å². The molecule has 1 aliphatic heterocycles. The maximum absolute atomic E-state index is 12.6. The van der Waals surface area contributed by atoms with E-state index >= 15 is 0 Å². The van der Waals surface area contributed by atoms with Crippen LogP contribution >= 0.6 is 0 Å². The molecule has 2 heterocycles. The van der Waals surface area contributed by atoms with Gasteiger partial charge in [0.1, 0.15) is 5.82 Å². The highest BCUT2D eigenvalue weighted by Crippen LogP contribution is 2.36. The number of hydrogen-bond donors (Lipinski definition) is 1. The fourth-order valence-electron chi connectivity index (χ4n) is 3.49. The normalized spacial score (nSPS) is 15.0. The number of nitro benzene ring substituents is 1. The summed E-state index contributed by atoms with van der Waals surface area (Å²) in [7, 11) is 1.27. The van der Waals surface area contributed by atoms with Crippen molar-refractivity contribution in [1.29, 1.82) is 0 Å². The van der Waals surface area contributed by atoms with Crippen LogP contribution in [0.15, 0.2) is 36.5 Å². The average molecular weight is 436 g/mol. The van der Waals surface area contributed by atoms with E-state index in [2.05, 4.69) is 15.0 Å². The minimum absolute atomic E-state index is 0.00877. The Morgan fingerprint density at radius 2 is 2.06 bits per heavy atom. The molecule has 1 aliphatic rings. The van der Waals surface area contributed by atoms with E-state index in [0.29, 0.717) is 37.3 Å². The van der Waals surface area contributed by atoms with Crippen molar-refractivity contribution in [3.63, 3.8) is 0 Å². The molecule has 1 saturated heterocycles. The first-order chi connectivity index (χ1) is 14.9. The number of benzene rings is 1. The number of carbonyl (C=O) groups is 1. The molecule has 0 atom stereocenters. The largest absolute Gasteiger partial charge is 0.493 e. The Morgan fingerprint density at radius 1 is 1.32 bits per heavy atom. The summed E-state index contributed by atoms with van der Waals surface area (Å²) in [4.78, 5) is 29.3. The monoisotopic (exact) mass is 436 g/mol. The Labute approximate surface area is 177 Å². The number of aromatic nitrogens is 1. The SMILES string of the molecule is COc1cc(CN2CCC(C(=O)Nc3ccccn3)CC2)c([N+](=O)[O-])cc1OC(F)F. The lowest BCUT2D eigenvalue weighted by molar-refractivity contribution is -0.385. The van der Waals surface area contributed by atoms with Crippen LogP contribution in [0.4, 0.5) is 20.3 Å². The zero-order valence-corrected chi connectivity index (χ0v) is 16.8. The standard InChI is InChI=1S/C20H22F2N4O5/c1-30-16-10-14(15(26(28)29)11-17(16)31-20(21)22)12-25-8-5-13(6-9-25)19(27)24-18-4-2-3-7-23-18/h2-4,7,10-11,13,20H,5-6,8-9,12H2,1H3,(H,23,24,27). The molecule has 1 aromatic carbocycles. The summed E-state index contributed by atoms with van der Waals surface area (Å²) in [6, 6.07) is 7.54. The number of halogens is 2. The van der Waals surface area contributed by atoms with Crippen LogP contribution < -0.4 is 14.8 Å². The van der Waals surface area contributed by atoms with Crippen LogP contribution in [-0.4, -0.2) is 47.5 Å². The van der Waals surface area contributed by atoms with Crippen molar-refractivity contribution in [2.24, 2.45) is 5.92 Å². The van der Waals surface area contributed by atoms with Gasteiger partial charge in [0, 0.05) is 24.2 Å². The van der Waals surface area contributed by atoms with Crippen molar-refractivity contribution in [1.82, 2.24) is 9.88 Å². The highest BCUT2D eigenvalue weighted by molar-refractivity contribution is 5.91. The van der Waals surface area contributed by atoms with Crippen molar-refractivity contribution < 1.29 is 28.0 Å². The lowest BCUT2D eigenvalue weighted by Gasteiger charge is -2.31. The number of likely N-dealkylation sites (tertiary alicyclic amines) is 1. The number of alkyl halides is 2. The van der Waals surface area contributed by atoms with Crippen molar-refractivity contribution in [2.45, 2.75) is 26.0 Å². The minimum Gasteiger partial charge on any atom is -0.493 e. The lowest BCUT2D eigenvalue weighted by atomic mass is 9.95. The van der Waals surface area contributed by atoms with E-state index in [1.54, 1.807) is 24.4 Å². The second kappa shape index (κ2) is 10.1. The van der Waals surface area contributed by atoms with Gasteiger partial charge in [0.15, 0.2) is 11.5 Å². The zero-order chi connectivity index (χ0) is 22.4. The third-order valence-corrected chi connectivity index (χ3v) is 5.05. The van der Waals surface area contributed by atoms with Gasteiger partial charge in [0.25, 0.3) is 5.69 Å². The molecule has 3 rings (SSSR count). The minimum atomic E-state index is -3.13. The van der Waals surface area contributed by atoms with Crippen LogP contribution in [0.5, 0.6) is 11.5 Å². The van der Waals surface area contributed by atoms with Crippen LogP contribution in [0.1, 0.15) is 18.4 Å². The number of ether oxygens (including phenoxy) is 2. The smallest absolute Gasteiger partial charge is 0.387 e. The number of hydrogen-bond acceptors (Lipinski definition) is 7. The molecule has 1 amide bonds. The molecule has 166 valence electrons. The fourth-order valence-corrected chi connectivity index (χ4v) is 3.49. The molecule has 1 aromatic heterocycles. The molecule has 1 N–H and O–H groups in total. The predicted molar refractivity (Wildman–Crippen MR) is 107 cm³/mol. The van der Waals surface area contributed by atoms with Crippen molar-refractivity contribution in [2.75, 3.05) is 25.5 Å². The summed E-state index contributed by atoms with van der Waals surface area (Å²) in [5, 5.41) is 14.2. The Bertz CT molecular complexity index is 921. The number of amides is 1. The van der Waals surface area contributed by atoms with E-state index in [1.807, 2.05) is 4.90 Å². The van der Waals surface area contributed by atoms with Gasteiger partial charge >= 0.3 is 6.61 Å². The predicted octanol–water partition coefficient (Wildman–Crippen LogP) is 3.45. The Hall–Kier alpha value is -3.34. The molecule has 11 heteroatoms. The molecule has 1 fully saturated rings. The highest BCUT2D eigenvalue weighted by Gasteiger charge is 2.28. The molecular weight excluding hydrogens is 414 g/mol. The number of rotatable bonds is 8. The van der Waals surface area contributed by atoms with Gasteiger partial charge in [-0.15, -0.1) is 0 Å². The van der Waals surface area contributed by atoms with Gasteiger partial charge in [-0.25, -0.2) is 4.98 Å². The first-order valence-corrected chi connectivity index (χ1v) is 9.61. The van der Waals surface area contributed by atoms with Crippen molar-refractivity contribution in [3.05, 3.63) is 52.2 Å². The van der Waals surface area contributed by atoms with E-state index < -0.39 is 17.3 Å². The lowest BCUT2D eigenvalue weighted by Crippen LogP contribution is -2.38. The van der Waals surface area contributed by atoms with E-state index in [9.17, 15) is 23.7 Å². The third kappa shape index (κ3) is 5.85. The summed E-state index contributed by atoms with van der Waals surface area (Å²) < 4.78 is 34.6. The molecule has 0 bridgehead atoms. The first-order valence-electron chi connectivity index (χ1n) is 9.61. The summed E-state index contributed by atoms with van der Waals surface area (Å²) in [5.41, 5.74) is -0.00804. The van der Waals surface area contributed by atoms with E-state index in [0.717, 1.165) is 6.07 Å². The molecule has 0 unspecified atom stereocenters. The Balaban J connectivity index is 1.65. The Kier molecular flexibility index (Phi) is 7.29. The molecule has 2 aromatic rings. The molecule has 0 spiro atoms. The van der Waals surface area contributed by atoms with Gasteiger partial charge in [-0.3, -0.25) is 19.8 Å². The molecule has 0 saturated carbocycles. The van der Waals surface area contributed by atoms with Crippen molar-refractivity contribution in [3.8, 4) is 11.5 Å². The van der Waals surface area contributed by atoms with Gasteiger partial charge in [0.05, 0.1) is 18.1 Å². The van der Waals surface area contributed by atoms with Gasteiger partial charge in [-0.1, -0.05) is 6.07 Å². The number of carbonyl (C=O) groups excluding carboxylic acids is 1. The Morgan fingerprint density at radius 3 is 2.65 bits per heavy atom. The van der Waals surface area contributed by atoms with Crippen LogP contribution in [-0.2, 0) is 11.3 Å². The number of methoxy groups -OCH3 is 1. The number of nitrogens with zero attached hydrogens (tertiary/aromatic N) is 3. The summed E-state index contributed by atoms with van der Waals surface area (Å²) in [6.45, 7) is -1.81. The molecule has 9 nitrogen and oxygen atoms in total. The van der Waals surface area contributed by atoms with Crippen LogP contribution in [0, 0.1) is 16.0 Å². The van der Waals surface area contributed by atoms with Gasteiger partial charge in [0.2, 0.25) is 5.91 Å². The van der Waals surface area contributed by atoms with E-state index in [4.69, 9.17) is 4.74 Å². The van der Waals surface area contributed by atoms with Gasteiger partial charge < -0.3 is 14.8 Å². The number of nitro groups is 1. The second-order valence-electron chi connectivity index (χ2n) is 7.02. The number of nitrogens with one attached hydrogen (secondary N) is 1. The maximum atomic E-state index is 12.6. The van der Waals surface area contributed by atoms with E-state index in [-0.39, 0.29) is 29.8 Å².